The van der Waals surface area contributed by atoms with Gasteiger partial charge in [0.2, 0.25) is 0 Å². The Labute approximate surface area is 56.7 Å². The summed E-state index contributed by atoms with van der Waals surface area (Å²) in [7, 11) is 0. The number of rotatable bonds is 2. The van der Waals surface area contributed by atoms with Crippen LogP contribution in [0.25, 0.3) is 0 Å². The minimum atomic E-state index is -0.916. The third kappa shape index (κ3) is 1.77. The summed E-state index contributed by atoms with van der Waals surface area (Å²) >= 11 is 0. The minimum absolute atomic E-state index is 0.102. The molecular formula is C5H5N3O2. The molecule has 1 aromatic heterocycles. The van der Waals surface area contributed by atoms with Crippen molar-refractivity contribution < 1.29 is 9.90 Å². The van der Waals surface area contributed by atoms with Gasteiger partial charge in [-0.05, 0) is 11.3 Å². The van der Waals surface area contributed by atoms with Crippen molar-refractivity contribution in [1.29, 1.82) is 0 Å². The van der Waals surface area contributed by atoms with E-state index in [0.29, 0.717) is 5.69 Å². The Hall–Kier alpha value is -1.52. The predicted molar refractivity (Wildman–Crippen MR) is 31.2 cm³/mol. The first kappa shape index (κ1) is 6.60. The fourth-order valence-corrected chi connectivity index (χ4v) is 0.515. The molecule has 0 atom stereocenters. The van der Waals surface area contributed by atoms with E-state index in [4.69, 9.17) is 5.11 Å². The summed E-state index contributed by atoms with van der Waals surface area (Å²) < 4.78 is 0. The number of hydrogen-bond acceptors (Lipinski definition) is 4. The van der Waals surface area contributed by atoms with Gasteiger partial charge in [-0.2, -0.15) is 0 Å². The maximum Gasteiger partial charge on any atom is 0.309 e. The molecular weight excluding hydrogens is 134 g/mol. The average molecular weight is 139 g/mol. The van der Waals surface area contributed by atoms with Crippen LogP contribution >= 0.6 is 0 Å². The first-order valence-corrected chi connectivity index (χ1v) is 2.64. The van der Waals surface area contributed by atoms with Gasteiger partial charge in [-0.15, -0.1) is 10.2 Å². The molecule has 0 aliphatic rings. The lowest BCUT2D eigenvalue weighted by Crippen LogP contribution is -2.03. The van der Waals surface area contributed by atoms with Crippen LogP contribution in [0.1, 0.15) is 5.69 Å². The lowest BCUT2D eigenvalue weighted by Gasteiger charge is -1.89. The summed E-state index contributed by atoms with van der Waals surface area (Å²) in [6.07, 6.45) is 1.31. The van der Waals surface area contributed by atoms with Crippen molar-refractivity contribution in [1.82, 2.24) is 15.4 Å². The molecule has 0 aliphatic heterocycles. The highest BCUT2D eigenvalue weighted by Crippen LogP contribution is 1.89. The molecule has 0 aliphatic carbocycles. The topological polar surface area (TPSA) is 76.0 Å². The van der Waals surface area contributed by atoms with Crippen molar-refractivity contribution in [3.63, 3.8) is 0 Å². The highest BCUT2D eigenvalue weighted by atomic mass is 16.4. The second-order valence-corrected chi connectivity index (χ2v) is 1.68. The van der Waals surface area contributed by atoms with Crippen LogP contribution < -0.4 is 0 Å². The zero-order valence-electron chi connectivity index (χ0n) is 5.06. The maximum atomic E-state index is 10.1. The van der Waals surface area contributed by atoms with E-state index in [1.165, 1.54) is 12.3 Å². The van der Waals surface area contributed by atoms with E-state index < -0.39 is 5.97 Å². The lowest BCUT2D eigenvalue weighted by molar-refractivity contribution is -0.136. The van der Waals surface area contributed by atoms with Gasteiger partial charge in [0.1, 0.15) is 0 Å². The van der Waals surface area contributed by atoms with Gasteiger partial charge in [-0.25, -0.2) is 0 Å². The molecule has 0 fully saturated rings. The van der Waals surface area contributed by atoms with Crippen LogP contribution in [0, 0.1) is 0 Å². The van der Waals surface area contributed by atoms with E-state index >= 15 is 0 Å². The van der Waals surface area contributed by atoms with Gasteiger partial charge in [0.15, 0.2) is 0 Å². The highest BCUT2D eigenvalue weighted by Gasteiger charge is 1.99. The normalized spacial score (nSPS) is 9.20. The van der Waals surface area contributed by atoms with Crippen molar-refractivity contribution in [2.75, 3.05) is 0 Å². The van der Waals surface area contributed by atoms with Gasteiger partial charge in [-0.3, -0.25) is 4.79 Å². The predicted octanol–water partition coefficient (Wildman–Crippen LogP) is -0.501. The second-order valence-electron chi connectivity index (χ2n) is 1.68. The molecule has 0 amide bonds. The molecule has 0 spiro atoms. The van der Waals surface area contributed by atoms with Gasteiger partial charge in [0.25, 0.3) is 0 Å². The summed E-state index contributed by atoms with van der Waals surface area (Å²) in [5.74, 6) is -0.916. The number of hydrogen-bond donors (Lipinski definition) is 1. The molecule has 10 heavy (non-hydrogen) atoms. The number of carboxylic acids is 1. The maximum absolute atomic E-state index is 10.1. The van der Waals surface area contributed by atoms with Crippen molar-refractivity contribution in [3.05, 3.63) is 18.0 Å². The Bertz CT molecular complexity index is 224. The monoisotopic (exact) mass is 139 g/mol. The average Bonchev–Trinajstić information content (AvgIpc) is 1.88. The van der Waals surface area contributed by atoms with Gasteiger partial charge in [-0.1, -0.05) is 0 Å². The van der Waals surface area contributed by atoms with E-state index in [1.54, 1.807) is 0 Å². The van der Waals surface area contributed by atoms with E-state index in [1.807, 2.05) is 0 Å². The first-order valence-electron chi connectivity index (χ1n) is 2.64. The molecule has 1 heterocycles. The van der Waals surface area contributed by atoms with Gasteiger partial charge < -0.3 is 5.11 Å². The Kier molecular flexibility index (Phi) is 1.89. The standard InChI is InChI=1S/C5H5N3O2/c9-5(10)3-4-1-2-6-8-7-4/h1-2H,3H2,(H,9,10). The van der Waals surface area contributed by atoms with E-state index in [9.17, 15) is 4.79 Å². The molecule has 1 aromatic rings. The fourth-order valence-electron chi connectivity index (χ4n) is 0.515. The number of nitrogens with zero attached hydrogens (tertiary/aromatic N) is 3. The molecule has 5 nitrogen and oxygen atoms in total. The molecule has 1 rings (SSSR count). The van der Waals surface area contributed by atoms with E-state index in [2.05, 4.69) is 15.4 Å². The number of carbonyl (C=O) groups is 1. The lowest BCUT2D eigenvalue weighted by atomic mass is 10.3. The van der Waals surface area contributed by atoms with Crippen LogP contribution in [-0.4, -0.2) is 26.5 Å². The van der Waals surface area contributed by atoms with Crippen molar-refractivity contribution in [2.24, 2.45) is 0 Å². The SMILES string of the molecule is O=C(O)Cc1ccnnn1. The van der Waals surface area contributed by atoms with Crippen molar-refractivity contribution in [2.45, 2.75) is 6.42 Å². The summed E-state index contributed by atoms with van der Waals surface area (Å²) in [5.41, 5.74) is 0.419. The van der Waals surface area contributed by atoms with Crippen LogP contribution in [-0.2, 0) is 11.2 Å². The van der Waals surface area contributed by atoms with Crippen LogP contribution in [0.3, 0.4) is 0 Å². The van der Waals surface area contributed by atoms with E-state index in [-0.39, 0.29) is 6.42 Å². The molecule has 52 valence electrons. The Balaban J connectivity index is 2.67. The third-order valence-corrected chi connectivity index (χ3v) is 0.891. The van der Waals surface area contributed by atoms with Crippen LogP contribution in [0.15, 0.2) is 12.3 Å². The second kappa shape index (κ2) is 2.86. The number of aliphatic carboxylic acids is 1. The minimum Gasteiger partial charge on any atom is -0.481 e. The van der Waals surface area contributed by atoms with Gasteiger partial charge in [0, 0.05) is 0 Å². The third-order valence-electron chi connectivity index (χ3n) is 0.891. The van der Waals surface area contributed by atoms with Gasteiger partial charge in [0.05, 0.1) is 18.3 Å². The molecule has 0 radical (unpaired) electrons. The summed E-state index contributed by atoms with van der Waals surface area (Å²) in [5, 5.41) is 18.4. The molecule has 0 saturated carbocycles. The molecule has 0 bridgehead atoms. The molecule has 1 N–H and O–H groups in total. The Morgan fingerprint density at radius 1 is 1.70 bits per heavy atom. The van der Waals surface area contributed by atoms with Crippen LogP contribution in [0.5, 0.6) is 0 Å². The van der Waals surface area contributed by atoms with Crippen LogP contribution in [0.2, 0.25) is 0 Å². The summed E-state index contributed by atoms with van der Waals surface area (Å²) in [6, 6.07) is 1.52. The van der Waals surface area contributed by atoms with Gasteiger partial charge >= 0.3 is 5.97 Å². The number of carboxylic acid groups (broad SMARTS) is 1. The van der Waals surface area contributed by atoms with Crippen molar-refractivity contribution in [3.8, 4) is 0 Å². The molecule has 0 unspecified atom stereocenters. The Morgan fingerprint density at radius 2 is 2.50 bits per heavy atom. The summed E-state index contributed by atoms with van der Waals surface area (Å²) in [4.78, 5) is 10.1. The smallest absolute Gasteiger partial charge is 0.309 e. The van der Waals surface area contributed by atoms with E-state index in [0.717, 1.165) is 0 Å². The molecule has 0 aromatic carbocycles. The van der Waals surface area contributed by atoms with Crippen LogP contribution in [0.4, 0.5) is 0 Å². The fraction of sp³-hybridized carbons (Fsp3) is 0.200. The first-order chi connectivity index (χ1) is 4.79. The highest BCUT2D eigenvalue weighted by molar-refractivity contribution is 5.69. The quantitative estimate of drug-likeness (QED) is 0.597. The molecule has 5 heteroatoms. The summed E-state index contributed by atoms with van der Waals surface area (Å²) in [6.45, 7) is 0. The zero-order chi connectivity index (χ0) is 7.40. The largest absolute Gasteiger partial charge is 0.481 e. The Morgan fingerprint density at radius 3 is 3.00 bits per heavy atom. The molecule has 0 saturated heterocycles. The number of aromatic nitrogens is 3. The van der Waals surface area contributed by atoms with Crippen molar-refractivity contribution >= 4 is 5.97 Å². The zero-order valence-corrected chi connectivity index (χ0v) is 5.06.